The molecule has 1 aromatic rings. The van der Waals surface area contributed by atoms with Crippen molar-refractivity contribution in [2.75, 3.05) is 20.1 Å². The maximum absolute atomic E-state index is 11.7. The summed E-state index contributed by atoms with van der Waals surface area (Å²) in [6, 6.07) is 2.43. The van der Waals surface area contributed by atoms with Gasteiger partial charge in [-0.2, -0.15) is 0 Å². The smallest absolute Gasteiger partial charge is 0.269 e. The molecule has 2 rings (SSSR count). The van der Waals surface area contributed by atoms with Crippen LogP contribution in [0.3, 0.4) is 0 Å². The highest BCUT2D eigenvalue weighted by Gasteiger charge is 2.22. The van der Waals surface area contributed by atoms with Gasteiger partial charge in [-0.15, -0.1) is 0 Å². The minimum Gasteiger partial charge on any atom is -0.354 e. The van der Waals surface area contributed by atoms with Crippen LogP contribution in [-0.4, -0.2) is 47.0 Å². The third kappa shape index (κ3) is 4.24. The molecule has 0 saturated carbocycles. The van der Waals surface area contributed by atoms with E-state index in [0.29, 0.717) is 23.5 Å². The van der Waals surface area contributed by atoms with Crippen molar-refractivity contribution in [1.82, 2.24) is 20.2 Å². The number of carbonyl (C=O) groups excluding carboxylic acids is 1. The summed E-state index contributed by atoms with van der Waals surface area (Å²) < 4.78 is 0. The third-order valence-corrected chi connectivity index (χ3v) is 4.13. The first-order valence-corrected chi connectivity index (χ1v) is 7.80. The first-order valence-electron chi connectivity index (χ1n) is 7.80. The number of hydrogen-bond acceptors (Lipinski definition) is 4. The molecule has 0 radical (unpaired) electrons. The molecule has 1 aliphatic heterocycles. The standard InChI is InChI=1S/C16H26N4O/c1-11(2)20-7-5-6-13(10-20)8-14-9-15(16(21)17-4)19-12(3)18-14/h9,11,13H,5-8,10H2,1-4H3,(H,17,21)/t13-/m1/s1. The molecule has 1 N–H and O–H groups in total. The zero-order valence-electron chi connectivity index (χ0n) is 13.5. The van der Waals surface area contributed by atoms with E-state index in [1.807, 2.05) is 13.0 Å². The Bertz CT molecular complexity index is 501. The number of aryl methyl sites for hydroxylation is 1. The van der Waals surface area contributed by atoms with Gasteiger partial charge in [0.25, 0.3) is 5.91 Å². The second-order valence-corrected chi connectivity index (χ2v) is 6.17. The van der Waals surface area contributed by atoms with Crippen LogP contribution in [0.15, 0.2) is 6.07 Å². The zero-order chi connectivity index (χ0) is 15.4. The lowest BCUT2D eigenvalue weighted by Gasteiger charge is -2.35. The zero-order valence-corrected chi connectivity index (χ0v) is 13.5. The van der Waals surface area contributed by atoms with Crippen molar-refractivity contribution in [3.63, 3.8) is 0 Å². The van der Waals surface area contributed by atoms with Crippen LogP contribution in [0, 0.1) is 12.8 Å². The topological polar surface area (TPSA) is 58.1 Å². The van der Waals surface area contributed by atoms with Gasteiger partial charge in [0.2, 0.25) is 0 Å². The van der Waals surface area contributed by atoms with Gasteiger partial charge in [0.05, 0.1) is 0 Å². The fourth-order valence-corrected chi connectivity index (χ4v) is 3.01. The van der Waals surface area contributed by atoms with Crippen LogP contribution in [0.25, 0.3) is 0 Å². The molecular formula is C16H26N4O. The molecule has 5 heteroatoms. The number of hydrogen-bond donors (Lipinski definition) is 1. The van der Waals surface area contributed by atoms with Crippen LogP contribution < -0.4 is 5.32 Å². The molecule has 0 aromatic carbocycles. The molecule has 0 unspecified atom stereocenters. The summed E-state index contributed by atoms with van der Waals surface area (Å²) in [6.07, 6.45) is 3.41. The van der Waals surface area contributed by atoms with Crippen molar-refractivity contribution in [2.24, 2.45) is 5.92 Å². The summed E-state index contributed by atoms with van der Waals surface area (Å²) in [6.45, 7) is 8.66. The number of nitrogens with one attached hydrogen (secondary N) is 1. The van der Waals surface area contributed by atoms with Gasteiger partial charge in [0, 0.05) is 25.3 Å². The van der Waals surface area contributed by atoms with Gasteiger partial charge in [-0.3, -0.25) is 4.79 Å². The van der Waals surface area contributed by atoms with Crippen LogP contribution in [0.1, 0.15) is 48.7 Å². The number of aromatic nitrogens is 2. The molecule has 1 fully saturated rings. The van der Waals surface area contributed by atoms with E-state index in [1.54, 1.807) is 7.05 Å². The van der Waals surface area contributed by atoms with Gasteiger partial charge in [-0.1, -0.05) is 0 Å². The lowest BCUT2D eigenvalue weighted by Crippen LogP contribution is -2.40. The lowest BCUT2D eigenvalue weighted by atomic mass is 9.92. The van der Waals surface area contributed by atoms with E-state index < -0.39 is 0 Å². The van der Waals surface area contributed by atoms with Crippen molar-refractivity contribution in [3.8, 4) is 0 Å². The van der Waals surface area contributed by atoms with Crippen LogP contribution in [0.4, 0.5) is 0 Å². The second-order valence-electron chi connectivity index (χ2n) is 6.17. The number of carbonyl (C=O) groups is 1. The van der Waals surface area contributed by atoms with E-state index in [9.17, 15) is 4.79 Å². The average molecular weight is 290 g/mol. The molecule has 2 heterocycles. The quantitative estimate of drug-likeness (QED) is 0.919. The monoisotopic (exact) mass is 290 g/mol. The van der Waals surface area contributed by atoms with Crippen LogP contribution >= 0.6 is 0 Å². The minimum absolute atomic E-state index is 0.144. The molecule has 1 atom stereocenters. The number of piperidine rings is 1. The molecule has 21 heavy (non-hydrogen) atoms. The predicted octanol–water partition coefficient (Wildman–Crippen LogP) is 1.81. The molecule has 0 aliphatic carbocycles. The summed E-state index contributed by atoms with van der Waals surface area (Å²) in [4.78, 5) is 23.0. The Morgan fingerprint density at radius 3 is 2.90 bits per heavy atom. The number of amides is 1. The summed E-state index contributed by atoms with van der Waals surface area (Å²) in [5, 5.41) is 2.62. The van der Waals surface area contributed by atoms with Gasteiger partial charge < -0.3 is 10.2 Å². The van der Waals surface area contributed by atoms with Gasteiger partial charge >= 0.3 is 0 Å². The highest BCUT2D eigenvalue weighted by molar-refractivity contribution is 5.92. The Kier molecular flexibility index (Phi) is 5.28. The molecule has 1 amide bonds. The van der Waals surface area contributed by atoms with Crippen molar-refractivity contribution in [1.29, 1.82) is 0 Å². The molecule has 1 saturated heterocycles. The van der Waals surface area contributed by atoms with Gasteiger partial charge in [-0.05, 0) is 58.6 Å². The van der Waals surface area contributed by atoms with E-state index in [-0.39, 0.29) is 5.91 Å². The van der Waals surface area contributed by atoms with E-state index in [1.165, 1.54) is 19.4 Å². The Balaban J connectivity index is 2.08. The van der Waals surface area contributed by atoms with Crippen LogP contribution in [0.5, 0.6) is 0 Å². The first-order chi connectivity index (χ1) is 9.99. The normalized spacial score (nSPS) is 19.8. The molecular weight excluding hydrogens is 264 g/mol. The number of likely N-dealkylation sites (tertiary alicyclic amines) is 1. The van der Waals surface area contributed by atoms with Crippen molar-refractivity contribution < 1.29 is 4.79 Å². The first kappa shape index (κ1) is 15.9. The number of rotatable bonds is 4. The highest BCUT2D eigenvalue weighted by Crippen LogP contribution is 2.21. The predicted molar refractivity (Wildman–Crippen MR) is 83.3 cm³/mol. The number of nitrogens with zero attached hydrogens (tertiary/aromatic N) is 3. The van der Waals surface area contributed by atoms with E-state index >= 15 is 0 Å². The SMILES string of the molecule is CNC(=O)c1cc(C[C@H]2CCCN(C(C)C)C2)nc(C)n1. The van der Waals surface area contributed by atoms with E-state index in [2.05, 4.69) is 34.0 Å². The van der Waals surface area contributed by atoms with Crippen LogP contribution in [-0.2, 0) is 6.42 Å². The van der Waals surface area contributed by atoms with Crippen molar-refractivity contribution in [3.05, 3.63) is 23.3 Å². The lowest BCUT2D eigenvalue weighted by molar-refractivity contribution is 0.0957. The van der Waals surface area contributed by atoms with Gasteiger partial charge in [0.1, 0.15) is 11.5 Å². The highest BCUT2D eigenvalue weighted by atomic mass is 16.1. The van der Waals surface area contributed by atoms with Gasteiger partial charge in [-0.25, -0.2) is 9.97 Å². The summed E-state index contributed by atoms with van der Waals surface area (Å²) in [5.41, 5.74) is 1.45. The molecule has 116 valence electrons. The van der Waals surface area contributed by atoms with Crippen molar-refractivity contribution in [2.45, 2.75) is 46.1 Å². The van der Waals surface area contributed by atoms with Crippen molar-refractivity contribution >= 4 is 5.91 Å². The van der Waals surface area contributed by atoms with E-state index in [4.69, 9.17) is 0 Å². The second kappa shape index (κ2) is 6.98. The Labute approximate surface area is 127 Å². The van der Waals surface area contributed by atoms with Crippen LogP contribution in [0.2, 0.25) is 0 Å². The third-order valence-electron chi connectivity index (χ3n) is 4.13. The van der Waals surface area contributed by atoms with Gasteiger partial charge in [0.15, 0.2) is 0 Å². The molecule has 1 aromatic heterocycles. The fraction of sp³-hybridized carbons (Fsp3) is 0.688. The molecule has 5 nitrogen and oxygen atoms in total. The molecule has 1 aliphatic rings. The minimum atomic E-state index is -0.144. The largest absolute Gasteiger partial charge is 0.354 e. The Morgan fingerprint density at radius 1 is 1.48 bits per heavy atom. The summed E-state index contributed by atoms with van der Waals surface area (Å²) in [7, 11) is 1.63. The molecule has 0 bridgehead atoms. The maximum Gasteiger partial charge on any atom is 0.269 e. The Morgan fingerprint density at radius 2 is 2.24 bits per heavy atom. The van der Waals surface area contributed by atoms with E-state index in [0.717, 1.165) is 18.7 Å². The molecule has 0 spiro atoms. The summed E-state index contributed by atoms with van der Waals surface area (Å²) >= 11 is 0. The average Bonchev–Trinajstić information content (AvgIpc) is 2.46. The Hall–Kier alpha value is -1.49. The fourth-order valence-electron chi connectivity index (χ4n) is 3.01. The summed E-state index contributed by atoms with van der Waals surface area (Å²) in [5.74, 6) is 1.14. The maximum atomic E-state index is 11.7.